The van der Waals surface area contributed by atoms with Crippen molar-refractivity contribution in [2.45, 2.75) is 0 Å². The van der Waals surface area contributed by atoms with Crippen LogP contribution in [0.4, 0.5) is 0 Å². The average Bonchev–Trinajstić information content (AvgIpc) is 2.46. The molecule has 104 valence electrons. The molecule has 0 radical (unpaired) electrons. The molecular weight excluding hydrogens is 272 g/mol. The minimum atomic E-state index is -0.0574. The predicted octanol–water partition coefficient (Wildman–Crippen LogP) is 3.47. The zero-order valence-corrected chi connectivity index (χ0v) is 12.0. The Balaban J connectivity index is 0.00000200. The van der Waals surface area contributed by atoms with Crippen molar-refractivity contribution in [1.82, 2.24) is 9.88 Å². The lowest BCUT2D eigenvalue weighted by Crippen LogP contribution is -2.31. The molecule has 1 aromatic heterocycles. The van der Waals surface area contributed by atoms with Gasteiger partial charge in [-0.1, -0.05) is 30.4 Å². The Morgan fingerprint density at radius 2 is 1.85 bits per heavy atom. The number of hydrogen-bond donors (Lipinski definition) is 0. The number of rotatable bonds is 5. The summed E-state index contributed by atoms with van der Waals surface area (Å²) in [5.41, 5.74) is 1.47. The highest BCUT2D eigenvalue weighted by molar-refractivity contribution is 5.97. The first kappa shape index (κ1) is 15.9. The summed E-state index contributed by atoms with van der Waals surface area (Å²) < 4.78 is 0. The van der Waals surface area contributed by atoms with Crippen molar-refractivity contribution in [1.29, 1.82) is 0 Å². The Hall–Kier alpha value is -2.13. The van der Waals surface area contributed by atoms with Gasteiger partial charge in [-0.05, 0) is 12.1 Å². The van der Waals surface area contributed by atoms with E-state index in [1.165, 1.54) is 0 Å². The van der Waals surface area contributed by atoms with Crippen LogP contribution < -0.4 is 0 Å². The van der Waals surface area contributed by atoms with Gasteiger partial charge in [0.2, 0.25) is 0 Å². The van der Waals surface area contributed by atoms with E-state index in [1.54, 1.807) is 23.2 Å². The van der Waals surface area contributed by atoms with Crippen molar-refractivity contribution < 1.29 is 4.79 Å². The molecule has 0 N–H and O–H groups in total. The number of hydrogen-bond acceptors (Lipinski definition) is 2. The van der Waals surface area contributed by atoms with Gasteiger partial charge in [-0.25, -0.2) is 0 Å². The smallest absolute Gasteiger partial charge is 0.256 e. The van der Waals surface area contributed by atoms with Crippen LogP contribution in [-0.2, 0) is 0 Å². The monoisotopic (exact) mass is 288 g/mol. The summed E-state index contributed by atoms with van der Waals surface area (Å²) in [6.45, 7) is 8.33. The van der Waals surface area contributed by atoms with Crippen LogP contribution in [0, 0.1) is 0 Å². The van der Waals surface area contributed by atoms with Gasteiger partial charge >= 0.3 is 0 Å². The predicted molar refractivity (Wildman–Crippen MR) is 85.3 cm³/mol. The fourth-order valence-corrected chi connectivity index (χ4v) is 1.92. The van der Waals surface area contributed by atoms with Gasteiger partial charge in [0, 0.05) is 24.7 Å². The first-order chi connectivity index (χ1) is 9.26. The molecule has 20 heavy (non-hydrogen) atoms. The molecule has 1 amide bonds. The van der Waals surface area contributed by atoms with Crippen LogP contribution >= 0.6 is 12.4 Å². The molecule has 0 bridgehead atoms. The summed E-state index contributed by atoms with van der Waals surface area (Å²) in [5.74, 6) is -0.0574. The highest BCUT2D eigenvalue weighted by Crippen LogP contribution is 2.14. The van der Waals surface area contributed by atoms with Crippen molar-refractivity contribution in [3.8, 4) is 0 Å². The molecule has 4 heteroatoms. The van der Waals surface area contributed by atoms with Gasteiger partial charge in [0.25, 0.3) is 5.91 Å². The minimum Gasteiger partial charge on any atom is -0.331 e. The molecule has 2 rings (SSSR count). The lowest BCUT2D eigenvalue weighted by atomic mass is 10.1. The van der Waals surface area contributed by atoms with Crippen LogP contribution in [0.25, 0.3) is 10.9 Å². The first-order valence-electron chi connectivity index (χ1n) is 6.12. The number of halogens is 1. The summed E-state index contributed by atoms with van der Waals surface area (Å²) in [6, 6.07) is 9.60. The van der Waals surface area contributed by atoms with E-state index in [-0.39, 0.29) is 18.3 Å². The molecule has 0 aliphatic heterocycles. The molecule has 0 fully saturated rings. The van der Waals surface area contributed by atoms with E-state index in [2.05, 4.69) is 18.1 Å². The Morgan fingerprint density at radius 1 is 1.20 bits per heavy atom. The molecular formula is C16H17ClN2O. The third kappa shape index (κ3) is 3.45. The molecule has 0 saturated carbocycles. The molecule has 0 aliphatic carbocycles. The number of fused-ring (bicyclic) bond motifs is 1. The minimum absolute atomic E-state index is 0. The Morgan fingerprint density at radius 3 is 2.50 bits per heavy atom. The molecule has 0 spiro atoms. The van der Waals surface area contributed by atoms with Gasteiger partial charge < -0.3 is 4.90 Å². The normalized spacial score (nSPS) is 9.60. The van der Waals surface area contributed by atoms with Crippen molar-refractivity contribution in [3.63, 3.8) is 0 Å². The molecule has 1 heterocycles. The van der Waals surface area contributed by atoms with Gasteiger partial charge in [0.05, 0.1) is 11.1 Å². The standard InChI is InChI=1S/C16H16N2O.ClH/c1-3-9-18(10-4-2)16(19)14-11-13-7-5-6-8-15(13)17-12-14;/h3-8,11-12H,1-2,9-10H2;1H. The van der Waals surface area contributed by atoms with E-state index in [0.717, 1.165) is 10.9 Å². The van der Waals surface area contributed by atoms with Crippen molar-refractivity contribution >= 4 is 29.2 Å². The SMILES string of the molecule is C=CCN(CC=C)C(=O)c1cnc2ccccc2c1.Cl. The second-order valence-corrected chi connectivity index (χ2v) is 4.20. The Kier molecular flexibility index (Phi) is 5.94. The maximum absolute atomic E-state index is 12.4. The number of para-hydroxylation sites is 1. The summed E-state index contributed by atoms with van der Waals surface area (Å²) >= 11 is 0. The molecule has 0 saturated heterocycles. The van der Waals surface area contributed by atoms with Gasteiger partial charge in [-0.2, -0.15) is 0 Å². The third-order valence-electron chi connectivity index (χ3n) is 2.82. The third-order valence-corrected chi connectivity index (χ3v) is 2.82. The van der Waals surface area contributed by atoms with Gasteiger partial charge in [-0.3, -0.25) is 9.78 Å². The van der Waals surface area contributed by atoms with Crippen LogP contribution in [0.5, 0.6) is 0 Å². The second-order valence-electron chi connectivity index (χ2n) is 4.20. The molecule has 1 aromatic carbocycles. The number of carbonyl (C=O) groups is 1. The number of nitrogens with zero attached hydrogens (tertiary/aromatic N) is 2. The van der Waals surface area contributed by atoms with E-state index in [1.807, 2.05) is 30.3 Å². The maximum atomic E-state index is 12.4. The summed E-state index contributed by atoms with van der Waals surface area (Å²) in [7, 11) is 0. The average molecular weight is 289 g/mol. The lowest BCUT2D eigenvalue weighted by Gasteiger charge is -2.19. The van der Waals surface area contributed by atoms with E-state index < -0.39 is 0 Å². The van der Waals surface area contributed by atoms with Gasteiger partial charge in [0.15, 0.2) is 0 Å². The lowest BCUT2D eigenvalue weighted by molar-refractivity contribution is 0.0790. The molecule has 0 aliphatic rings. The van der Waals surface area contributed by atoms with E-state index in [9.17, 15) is 4.79 Å². The van der Waals surface area contributed by atoms with Gasteiger partial charge in [0.1, 0.15) is 0 Å². The number of carbonyl (C=O) groups excluding carboxylic acids is 1. The van der Waals surface area contributed by atoms with Crippen molar-refractivity contribution in [2.24, 2.45) is 0 Å². The van der Waals surface area contributed by atoms with Crippen LogP contribution in [0.15, 0.2) is 61.8 Å². The van der Waals surface area contributed by atoms with E-state index >= 15 is 0 Å². The van der Waals surface area contributed by atoms with Crippen molar-refractivity contribution in [3.05, 3.63) is 67.4 Å². The Labute approximate surface area is 125 Å². The number of aromatic nitrogens is 1. The van der Waals surface area contributed by atoms with Gasteiger partial charge in [-0.15, -0.1) is 25.6 Å². The van der Waals surface area contributed by atoms with E-state index in [4.69, 9.17) is 0 Å². The molecule has 0 atom stereocenters. The Bertz CT molecular complexity index is 615. The van der Waals surface area contributed by atoms with E-state index in [0.29, 0.717) is 18.7 Å². The molecule has 0 unspecified atom stereocenters. The highest BCUT2D eigenvalue weighted by Gasteiger charge is 2.13. The largest absolute Gasteiger partial charge is 0.331 e. The number of benzene rings is 1. The quantitative estimate of drug-likeness (QED) is 0.789. The fourth-order valence-electron chi connectivity index (χ4n) is 1.92. The highest BCUT2D eigenvalue weighted by atomic mass is 35.5. The first-order valence-corrected chi connectivity index (χ1v) is 6.12. The zero-order valence-electron chi connectivity index (χ0n) is 11.2. The summed E-state index contributed by atoms with van der Waals surface area (Å²) in [4.78, 5) is 18.3. The number of pyridine rings is 1. The van der Waals surface area contributed by atoms with Crippen LogP contribution in [0.3, 0.4) is 0 Å². The van der Waals surface area contributed by atoms with Crippen LogP contribution in [0.1, 0.15) is 10.4 Å². The fraction of sp³-hybridized carbons (Fsp3) is 0.125. The number of amides is 1. The maximum Gasteiger partial charge on any atom is 0.256 e. The molecule has 3 nitrogen and oxygen atoms in total. The van der Waals surface area contributed by atoms with Crippen LogP contribution in [0.2, 0.25) is 0 Å². The molecule has 2 aromatic rings. The van der Waals surface area contributed by atoms with Crippen LogP contribution in [-0.4, -0.2) is 28.9 Å². The zero-order chi connectivity index (χ0) is 13.7. The summed E-state index contributed by atoms with van der Waals surface area (Å²) in [6.07, 6.45) is 5.02. The second kappa shape index (κ2) is 7.46. The summed E-state index contributed by atoms with van der Waals surface area (Å²) in [5, 5.41) is 0.963. The van der Waals surface area contributed by atoms with Crippen molar-refractivity contribution in [2.75, 3.05) is 13.1 Å². The topological polar surface area (TPSA) is 33.2 Å².